The summed E-state index contributed by atoms with van der Waals surface area (Å²) in [7, 11) is 0. The van der Waals surface area contributed by atoms with Crippen LogP contribution in [0.3, 0.4) is 0 Å². The largest absolute Gasteiger partial charge is 0.381 e. The third-order valence-electron chi connectivity index (χ3n) is 6.46. The van der Waals surface area contributed by atoms with Crippen molar-refractivity contribution in [2.45, 2.75) is 32.7 Å². The van der Waals surface area contributed by atoms with Crippen molar-refractivity contribution in [3.05, 3.63) is 77.9 Å². The molecule has 2 aromatic heterocycles. The minimum Gasteiger partial charge on any atom is -0.381 e. The zero-order chi connectivity index (χ0) is 22.6. The van der Waals surface area contributed by atoms with Crippen LogP contribution in [0, 0.1) is 0 Å². The SMILES string of the molecule is CCC1=C(C(=O)Nc2ccncc2)c2cc(-c3cncc(CN4CCCC4)c3)ccc2NC1. The zero-order valence-corrected chi connectivity index (χ0v) is 19.0. The summed E-state index contributed by atoms with van der Waals surface area (Å²) in [4.78, 5) is 24.4. The van der Waals surface area contributed by atoms with Gasteiger partial charge in [-0.1, -0.05) is 13.0 Å². The maximum Gasteiger partial charge on any atom is 0.256 e. The van der Waals surface area contributed by atoms with Crippen LogP contribution in [-0.4, -0.2) is 40.4 Å². The van der Waals surface area contributed by atoms with Gasteiger partial charge in [0.05, 0.1) is 0 Å². The van der Waals surface area contributed by atoms with Crippen molar-refractivity contribution in [3.63, 3.8) is 0 Å². The molecule has 1 fully saturated rings. The number of hydrogen-bond donors (Lipinski definition) is 2. The highest BCUT2D eigenvalue weighted by molar-refractivity contribution is 6.28. The van der Waals surface area contributed by atoms with Gasteiger partial charge in [0.15, 0.2) is 0 Å². The summed E-state index contributed by atoms with van der Waals surface area (Å²) in [5.41, 5.74) is 7.89. The minimum atomic E-state index is -0.0844. The van der Waals surface area contributed by atoms with Crippen LogP contribution in [0.1, 0.15) is 37.3 Å². The van der Waals surface area contributed by atoms with Gasteiger partial charge >= 0.3 is 0 Å². The molecule has 5 rings (SSSR count). The second kappa shape index (κ2) is 9.55. The van der Waals surface area contributed by atoms with Crippen molar-refractivity contribution in [1.82, 2.24) is 14.9 Å². The summed E-state index contributed by atoms with van der Waals surface area (Å²) in [5.74, 6) is -0.0844. The van der Waals surface area contributed by atoms with Crippen molar-refractivity contribution >= 4 is 22.9 Å². The van der Waals surface area contributed by atoms with E-state index in [2.05, 4.69) is 56.7 Å². The van der Waals surface area contributed by atoms with Crippen LogP contribution >= 0.6 is 0 Å². The van der Waals surface area contributed by atoms with E-state index in [0.29, 0.717) is 6.54 Å². The number of fused-ring (bicyclic) bond motifs is 1. The summed E-state index contributed by atoms with van der Waals surface area (Å²) in [5, 5.41) is 6.52. The summed E-state index contributed by atoms with van der Waals surface area (Å²) >= 11 is 0. The Kier molecular flexibility index (Phi) is 6.17. The Morgan fingerprint density at radius 2 is 1.85 bits per heavy atom. The predicted molar refractivity (Wildman–Crippen MR) is 133 cm³/mol. The van der Waals surface area contributed by atoms with Crippen LogP contribution in [0.4, 0.5) is 11.4 Å². The van der Waals surface area contributed by atoms with Crippen LogP contribution in [-0.2, 0) is 11.3 Å². The second-order valence-corrected chi connectivity index (χ2v) is 8.70. The fraction of sp³-hybridized carbons (Fsp3) is 0.296. The van der Waals surface area contributed by atoms with Gasteiger partial charge in [0, 0.05) is 66.0 Å². The van der Waals surface area contributed by atoms with Gasteiger partial charge in [-0.2, -0.15) is 0 Å². The van der Waals surface area contributed by atoms with Gasteiger partial charge in [-0.3, -0.25) is 19.7 Å². The number of amides is 1. The number of hydrogen-bond acceptors (Lipinski definition) is 5. The molecule has 1 saturated heterocycles. The Bertz CT molecular complexity index is 1180. The average molecular weight is 440 g/mol. The van der Waals surface area contributed by atoms with E-state index in [4.69, 9.17) is 0 Å². The molecular weight excluding hydrogens is 410 g/mol. The fourth-order valence-electron chi connectivity index (χ4n) is 4.71. The van der Waals surface area contributed by atoms with Crippen molar-refractivity contribution in [3.8, 4) is 11.1 Å². The maximum absolute atomic E-state index is 13.4. The molecule has 0 bridgehead atoms. The number of benzene rings is 1. The van der Waals surface area contributed by atoms with E-state index < -0.39 is 0 Å². The molecule has 6 heteroatoms. The topological polar surface area (TPSA) is 70.2 Å². The first-order chi connectivity index (χ1) is 16.2. The van der Waals surface area contributed by atoms with E-state index >= 15 is 0 Å². The molecule has 4 heterocycles. The highest BCUT2D eigenvalue weighted by atomic mass is 16.1. The van der Waals surface area contributed by atoms with Crippen molar-refractivity contribution in [1.29, 1.82) is 0 Å². The molecule has 0 unspecified atom stereocenters. The normalized spacial score (nSPS) is 15.8. The predicted octanol–water partition coefficient (Wildman–Crippen LogP) is 4.97. The van der Waals surface area contributed by atoms with E-state index in [1.54, 1.807) is 24.5 Å². The monoisotopic (exact) mass is 439 g/mol. The average Bonchev–Trinajstić information content (AvgIpc) is 3.36. The first-order valence-corrected chi connectivity index (χ1v) is 11.7. The molecule has 0 spiro atoms. The Morgan fingerprint density at radius 1 is 1.03 bits per heavy atom. The lowest BCUT2D eigenvalue weighted by atomic mass is 9.90. The van der Waals surface area contributed by atoms with Gasteiger partial charge in [-0.25, -0.2) is 0 Å². The van der Waals surface area contributed by atoms with E-state index in [1.807, 2.05) is 12.4 Å². The third kappa shape index (κ3) is 4.66. The quantitative estimate of drug-likeness (QED) is 0.568. The highest BCUT2D eigenvalue weighted by Gasteiger charge is 2.24. The first-order valence-electron chi connectivity index (χ1n) is 11.7. The number of nitrogens with zero attached hydrogens (tertiary/aromatic N) is 3. The van der Waals surface area contributed by atoms with Crippen molar-refractivity contribution in [2.24, 2.45) is 0 Å². The third-order valence-corrected chi connectivity index (χ3v) is 6.46. The standard InChI is InChI=1S/C27H29N5O/c1-2-20-17-30-25-6-5-21(22-13-19(15-29-16-22)18-32-11-3-4-12-32)14-24(25)26(20)27(33)31-23-7-9-28-10-8-23/h5-10,13-16,30H,2-4,11-12,17-18H2,1H3,(H,28,31,33). The number of aromatic nitrogens is 2. The molecule has 0 aliphatic carbocycles. The van der Waals surface area contributed by atoms with Gasteiger partial charge in [0.1, 0.15) is 0 Å². The molecular formula is C27H29N5O. The van der Waals surface area contributed by atoms with Gasteiger partial charge in [0.2, 0.25) is 0 Å². The van der Waals surface area contributed by atoms with Crippen LogP contribution in [0.25, 0.3) is 16.7 Å². The molecule has 168 valence electrons. The summed E-state index contributed by atoms with van der Waals surface area (Å²) in [6.45, 7) is 6.03. The number of rotatable bonds is 6. The van der Waals surface area contributed by atoms with Gasteiger partial charge in [-0.05, 0) is 79.4 Å². The molecule has 1 amide bonds. The Hall–Kier alpha value is -3.51. The van der Waals surface area contributed by atoms with Crippen LogP contribution in [0.5, 0.6) is 0 Å². The van der Waals surface area contributed by atoms with Crippen molar-refractivity contribution in [2.75, 3.05) is 30.3 Å². The van der Waals surface area contributed by atoms with Gasteiger partial charge < -0.3 is 10.6 Å². The number of nitrogens with one attached hydrogen (secondary N) is 2. The molecule has 0 saturated carbocycles. The van der Waals surface area contributed by atoms with E-state index in [9.17, 15) is 4.79 Å². The molecule has 1 aromatic carbocycles. The molecule has 6 nitrogen and oxygen atoms in total. The molecule has 33 heavy (non-hydrogen) atoms. The van der Waals surface area contributed by atoms with Crippen molar-refractivity contribution < 1.29 is 4.79 Å². The molecule has 2 N–H and O–H groups in total. The number of likely N-dealkylation sites (tertiary alicyclic amines) is 1. The lowest BCUT2D eigenvalue weighted by molar-refractivity contribution is -0.111. The highest BCUT2D eigenvalue weighted by Crippen LogP contribution is 2.36. The van der Waals surface area contributed by atoms with E-state index in [1.165, 1.54) is 18.4 Å². The summed E-state index contributed by atoms with van der Waals surface area (Å²) < 4.78 is 0. The molecule has 2 aliphatic rings. The smallest absolute Gasteiger partial charge is 0.256 e. The summed E-state index contributed by atoms with van der Waals surface area (Å²) in [6.07, 6.45) is 10.6. The number of pyridine rings is 2. The van der Waals surface area contributed by atoms with Gasteiger partial charge in [-0.15, -0.1) is 0 Å². The zero-order valence-electron chi connectivity index (χ0n) is 19.0. The van der Waals surface area contributed by atoms with E-state index in [0.717, 1.165) is 65.3 Å². The Balaban J connectivity index is 1.47. The maximum atomic E-state index is 13.4. The molecule has 3 aromatic rings. The number of anilines is 2. The Morgan fingerprint density at radius 3 is 2.64 bits per heavy atom. The van der Waals surface area contributed by atoms with Crippen LogP contribution < -0.4 is 10.6 Å². The fourth-order valence-corrected chi connectivity index (χ4v) is 4.71. The number of carbonyl (C=O) groups excluding carboxylic acids is 1. The molecule has 0 radical (unpaired) electrons. The van der Waals surface area contributed by atoms with Gasteiger partial charge in [0.25, 0.3) is 5.91 Å². The molecule has 0 atom stereocenters. The van der Waals surface area contributed by atoms with Crippen LogP contribution in [0.2, 0.25) is 0 Å². The lowest BCUT2D eigenvalue weighted by Crippen LogP contribution is -2.22. The van der Waals surface area contributed by atoms with Crippen LogP contribution in [0.15, 0.2) is 66.8 Å². The molecule has 2 aliphatic heterocycles. The minimum absolute atomic E-state index is 0.0844. The first kappa shape index (κ1) is 21.3. The Labute approximate surface area is 194 Å². The summed E-state index contributed by atoms with van der Waals surface area (Å²) in [6, 6.07) is 12.1. The second-order valence-electron chi connectivity index (χ2n) is 8.70. The number of carbonyl (C=O) groups is 1. The lowest BCUT2D eigenvalue weighted by Gasteiger charge is -2.25. The van der Waals surface area contributed by atoms with E-state index in [-0.39, 0.29) is 5.91 Å².